The quantitative estimate of drug-likeness (QED) is 0.873. The second-order valence-corrected chi connectivity index (χ2v) is 6.13. The SMILES string of the molecule is O=C(O)C1CCC(NCCc2ccc(Br)cc2)CC1. The van der Waals surface area contributed by atoms with E-state index < -0.39 is 5.97 Å². The van der Waals surface area contributed by atoms with Gasteiger partial charge in [0.2, 0.25) is 0 Å². The van der Waals surface area contributed by atoms with Crippen molar-refractivity contribution in [2.45, 2.75) is 38.1 Å². The highest BCUT2D eigenvalue weighted by atomic mass is 79.9. The van der Waals surface area contributed by atoms with E-state index >= 15 is 0 Å². The predicted octanol–water partition coefficient (Wildman–Crippen LogP) is 3.22. The van der Waals surface area contributed by atoms with Crippen LogP contribution < -0.4 is 5.32 Å². The van der Waals surface area contributed by atoms with Gasteiger partial charge in [-0.15, -0.1) is 0 Å². The number of hydrogen-bond donors (Lipinski definition) is 2. The summed E-state index contributed by atoms with van der Waals surface area (Å²) in [5, 5.41) is 12.5. The molecule has 0 unspecified atom stereocenters. The Labute approximate surface area is 122 Å². The van der Waals surface area contributed by atoms with Crippen LogP contribution in [-0.2, 0) is 11.2 Å². The van der Waals surface area contributed by atoms with Gasteiger partial charge in [0.1, 0.15) is 0 Å². The van der Waals surface area contributed by atoms with Crippen LogP contribution in [0.1, 0.15) is 31.2 Å². The van der Waals surface area contributed by atoms with Crippen LogP contribution in [0, 0.1) is 5.92 Å². The molecule has 0 radical (unpaired) electrons. The monoisotopic (exact) mass is 325 g/mol. The first-order valence-corrected chi connectivity index (χ1v) is 7.65. The Kier molecular flexibility index (Phi) is 5.40. The van der Waals surface area contributed by atoms with Crippen molar-refractivity contribution in [1.82, 2.24) is 5.32 Å². The molecule has 0 bridgehead atoms. The van der Waals surface area contributed by atoms with Crippen molar-refractivity contribution in [3.63, 3.8) is 0 Å². The third-order valence-corrected chi connectivity index (χ3v) is 4.37. The van der Waals surface area contributed by atoms with Gasteiger partial charge in [0.25, 0.3) is 0 Å². The number of nitrogens with one attached hydrogen (secondary N) is 1. The molecule has 0 amide bonds. The molecule has 1 aromatic carbocycles. The average Bonchev–Trinajstić information content (AvgIpc) is 2.41. The Morgan fingerprint density at radius 2 is 1.84 bits per heavy atom. The largest absolute Gasteiger partial charge is 0.481 e. The first-order valence-electron chi connectivity index (χ1n) is 6.86. The van der Waals surface area contributed by atoms with Crippen LogP contribution in [0.25, 0.3) is 0 Å². The van der Waals surface area contributed by atoms with Crippen LogP contribution in [0.15, 0.2) is 28.7 Å². The van der Waals surface area contributed by atoms with Crippen LogP contribution in [0.4, 0.5) is 0 Å². The van der Waals surface area contributed by atoms with Crippen LogP contribution in [-0.4, -0.2) is 23.7 Å². The molecule has 0 aliphatic heterocycles. The minimum absolute atomic E-state index is 0.121. The van der Waals surface area contributed by atoms with Gasteiger partial charge in [0, 0.05) is 10.5 Å². The molecule has 0 heterocycles. The lowest BCUT2D eigenvalue weighted by Gasteiger charge is -2.26. The highest BCUT2D eigenvalue weighted by Crippen LogP contribution is 2.24. The zero-order chi connectivity index (χ0) is 13.7. The zero-order valence-electron chi connectivity index (χ0n) is 10.9. The van der Waals surface area contributed by atoms with Crippen LogP contribution in [0.5, 0.6) is 0 Å². The van der Waals surface area contributed by atoms with E-state index in [1.165, 1.54) is 5.56 Å². The van der Waals surface area contributed by atoms with Crippen molar-refractivity contribution in [3.05, 3.63) is 34.3 Å². The Morgan fingerprint density at radius 1 is 1.21 bits per heavy atom. The molecular weight excluding hydrogens is 306 g/mol. The number of hydrogen-bond acceptors (Lipinski definition) is 2. The molecule has 1 aromatic rings. The molecule has 0 aromatic heterocycles. The van der Waals surface area contributed by atoms with Gasteiger partial charge in [-0.05, 0) is 56.3 Å². The first-order chi connectivity index (χ1) is 9.15. The molecule has 104 valence electrons. The maximum Gasteiger partial charge on any atom is 0.306 e. The van der Waals surface area contributed by atoms with Gasteiger partial charge in [-0.25, -0.2) is 0 Å². The molecule has 1 fully saturated rings. The third kappa shape index (κ3) is 4.62. The summed E-state index contributed by atoms with van der Waals surface area (Å²) in [5.41, 5.74) is 1.33. The van der Waals surface area contributed by atoms with E-state index in [9.17, 15) is 4.79 Å². The Morgan fingerprint density at radius 3 is 2.42 bits per heavy atom. The van der Waals surface area contributed by atoms with E-state index in [-0.39, 0.29) is 5.92 Å². The molecule has 0 saturated heterocycles. The van der Waals surface area contributed by atoms with Crippen molar-refractivity contribution in [2.24, 2.45) is 5.92 Å². The lowest BCUT2D eigenvalue weighted by molar-refractivity contribution is -0.142. The topological polar surface area (TPSA) is 49.3 Å². The molecule has 1 saturated carbocycles. The summed E-state index contributed by atoms with van der Waals surface area (Å²) in [6.45, 7) is 0.962. The van der Waals surface area contributed by atoms with Crippen LogP contribution in [0.2, 0.25) is 0 Å². The van der Waals surface area contributed by atoms with E-state index in [1.807, 2.05) is 0 Å². The minimum Gasteiger partial charge on any atom is -0.481 e. The number of rotatable bonds is 5. The summed E-state index contributed by atoms with van der Waals surface area (Å²) in [7, 11) is 0. The van der Waals surface area contributed by atoms with Gasteiger partial charge in [0.05, 0.1) is 5.92 Å². The number of aliphatic carboxylic acids is 1. The Hall–Kier alpha value is -0.870. The molecular formula is C15H20BrNO2. The van der Waals surface area contributed by atoms with E-state index in [1.54, 1.807) is 0 Å². The van der Waals surface area contributed by atoms with Crippen molar-refractivity contribution in [2.75, 3.05) is 6.54 Å². The summed E-state index contributed by atoms with van der Waals surface area (Å²) >= 11 is 3.43. The van der Waals surface area contributed by atoms with Crippen molar-refractivity contribution in [3.8, 4) is 0 Å². The number of benzene rings is 1. The van der Waals surface area contributed by atoms with Gasteiger partial charge in [-0.3, -0.25) is 4.79 Å². The maximum absolute atomic E-state index is 10.9. The number of carboxylic acids is 1. The van der Waals surface area contributed by atoms with E-state index in [0.717, 1.165) is 43.1 Å². The van der Waals surface area contributed by atoms with Gasteiger partial charge < -0.3 is 10.4 Å². The zero-order valence-corrected chi connectivity index (χ0v) is 12.5. The van der Waals surface area contributed by atoms with E-state index in [0.29, 0.717) is 6.04 Å². The van der Waals surface area contributed by atoms with Crippen molar-refractivity contribution in [1.29, 1.82) is 0 Å². The highest BCUT2D eigenvalue weighted by molar-refractivity contribution is 9.10. The molecule has 1 aliphatic rings. The lowest BCUT2D eigenvalue weighted by Crippen LogP contribution is -2.36. The molecule has 2 rings (SSSR count). The molecule has 1 aliphatic carbocycles. The summed E-state index contributed by atoms with van der Waals surface area (Å²) < 4.78 is 1.11. The number of halogens is 1. The maximum atomic E-state index is 10.9. The Balaban J connectivity index is 1.67. The van der Waals surface area contributed by atoms with Gasteiger partial charge in [-0.1, -0.05) is 28.1 Å². The van der Waals surface area contributed by atoms with Crippen LogP contribution in [0.3, 0.4) is 0 Å². The normalized spacial score (nSPS) is 23.2. The molecule has 0 spiro atoms. The van der Waals surface area contributed by atoms with Gasteiger partial charge in [-0.2, -0.15) is 0 Å². The molecule has 0 atom stereocenters. The third-order valence-electron chi connectivity index (χ3n) is 3.84. The molecule has 19 heavy (non-hydrogen) atoms. The predicted molar refractivity (Wildman–Crippen MR) is 79.2 cm³/mol. The summed E-state index contributed by atoms with van der Waals surface area (Å²) in [6, 6.07) is 8.88. The first kappa shape index (κ1) is 14.5. The fourth-order valence-electron chi connectivity index (χ4n) is 2.62. The van der Waals surface area contributed by atoms with Gasteiger partial charge in [0.15, 0.2) is 0 Å². The summed E-state index contributed by atoms with van der Waals surface area (Å²) in [6.07, 6.45) is 4.61. The fraction of sp³-hybridized carbons (Fsp3) is 0.533. The van der Waals surface area contributed by atoms with Gasteiger partial charge >= 0.3 is 5.97 Å². The number of carboxylic acid groups (broad SMARTS) is 1. The second kappa shape index (κ2) is 7.06. The highest BCUT2D eigenvalue weighted by Gasteiger charge is 2.25. The van der Waals surface area contributed by atoms with E-state index in [4.69, 9.17) is 5.11 Å². The minimum atomic E-state index is -0.631. The van der Waals surface area contributed by atoms with Crippen molar-refractivity contribution >= 4 is 21.9 Å². The van der Waals surface area contributed by atoms with Crippen molar-refractivity contribution < 1.29 is 9.90 Å². The number of carbonyl (C=O) groups is 1. The second-order valence-electron chi connectivity index (χ2n) is 5.22. The fourth-order valence-corrected chi connectivity index (χ4v) is 2.88. The smallest absolute Gasteiger partial charge is 0.306 e. The van der Waals surface area contributed by atoms with E-state index in [2.05, 4.69) is 45.5 Å². The molecule has 2 N–H and O–H groups in total. The summed E-state index contributed by atoms with van der Waals surface area (Å²) in [4.78, 5) is 10.9. The lowest BCUT2D eigenvalue weighted by atomic mass is 9.86. The average molecular weight is 326 g/mol. The molecule has 3 nitrogen and oxygen atoms in total. The molecule has 4 heteroatoms. The standard InChI is InChI=1S/C15H20BrNO2/c16-13-5-1-11(2-6-13)9-10-17-14-7-3-12(4-8-14)15(18)19/h1-2,5-6,12,14,17H,3-4,7-10H2,(H,18,19). The Bertz CT molecular complexity index is 411. The summed E-state index contributed by atoms with van der Waals surface area (Å²) in [5.74, 6) is -0.752. The van der Waals surface area contributed by atoms with Crippen LogP contribution >= 0.6 is 15.9 Å².